The van der Waals surface area contributed by atoms with E-state index >= 15 is 0 Å². The first-order chi connectivity index (χ1) is 8.76. The molecule has 98 valence electrons. The van der Waals surface area contributed by atoms with Crippen LogP contribution in [0.3, 0.4) is 0 Å². The lowest BCUT2D eigenvalue weighted by molar-refractivity contribution is 0.0693. The molecule has 0 radical (unpaired) electrons. The Balaban J connectivity index is 2.11. The summed E-state index contributed by atoms with van der Waals surface area (Å²) >= 11 is 0. The third-order valence-electron chi connectivity index (χ3n) is 3.80. The molecular weight excluding hydrogens is 224 g/mol. The number of nitrogens with two attached hydrogens (primary N) is 1. The zero-order valence-corrected chi connectivity index (χ0v) is 11.1. The Hall–Kier alpha value is -1.35. The summed E-state index contributed by atoms with van der Waals surface area (Å²) in [4.78, 5) is 14.5. The normalized spacial score (nSPS) is 15.9. The second-order valence-electron chi connectivity index (χ2n) is 4.93. The van der Waals surface area contributed by atoms with Gasteiger partial charge >= 0.3 is 0 Å². The topological polar surface area (TPSA) is 46.3 Å². The zero-order valence-electron chi connectivity index (χ0n) is 11.1. The summed E-state index contributed by atoms with van der Waals surface area (Å²) in [5, 5.41) is 0. The lowest BCUT2D eigenvalue weighted by Gasteiger charge is -2.27. The van der Waals surface area contributed by atoms with Crippen molar-refractivity contribution < 1.29 is 4.79 Å². The van der Waals surface area contributed by atoms with Crippen LogP contribution in [0.5, 0.6) is 0 Å². The van der Waals surface area contributed by atoms with Gasteiger partial charge < -0.3 is 10.6 Å². The number of hydrogen-bond acceptors (Lipinski definition) is 2. The Morgan fingerprint density at radius 1 is 1.28 bits per heavy atom. The van der Waals surface area contributed by atoms with E-state index in [2.05, 4.69) is 6.92 Å². The molecule has 1 aliphatic carbocycles. The highest BCUT2D eigenvalue weighted by Gasteiger charge is 2.25. The van der Waals surface area contributed by atoms with Gasteiger partial charge in [-0.15, -0.1) is 0 Å². The third-order valence-corrected chi connectivity index (χ3v) is 3.80. The summed E-state index contributed by atoms with van der Waals surface area (Å²) in [5.41, 5.74) is 7.41. The van der Waals surface area contributed by atoms with Gasteiger partial charge in [0.2, 0.25) is 0 Å². The van der Waals surface area contributed by atoms with Crippen LogP contribution in [0, 0.1) is 0 Å². The Bertz CT molecular complexity index is 393. The maximum absolute atomic E-state index is 12.5. The van der Waals surface area contributed by atoms with Gasteiger partial charge in [-0.3, -0.25) is 4.79 Å². The number of rotatable bonds is 4. The number of hydrogen-bond donors (Lipinski definition) is 1. The maximum Gasteiger partial charge on any atom is 0.254 e. The molecule has 1 amide bonds. The van der Waals surface area contributed by atoms with Gasteiger partial charge in [-0.2, -0.15) is 0 Å². The number of carbonyl (C=O) groups excluding carboxylic acids is 1. The van der Waals surface area contributed by atoms with Gasteiger partial charge in [0.1, 0.15) is 0 Å². The van der Waals surface area contributed by atoms with Crippen molar-refractivity contribution in [3.63, 3.8) is 0 Å². The monoisotopic (exact) mass is 246 g/mol. The SMILES string of the molecule is CCN(C(=O)c1ccc(CN)cc1)C1CCCC1. The fraction of sp³-hybridized carbons (Fsp3) is 0.533. The summed E-state index contributed by atoms with van der Waals surface area (Å²) in [6, 6.07) is 8.10. The Morgan fingerprint density at radius 3 is 2.39 bits per heavy atom. The van der Waals surface area contributed by atoms with Crippen molar-refractivity contribution in [3.8, 4) is 0 Å². The number of nitrogens with zero attached hydrogens (tertiary/aromatic N) is 1. The Morgan fingerprint density at radius 2 is 1.89 bits per heavy atom. The van der Waals surface area contributed by atoms with E-state index in [0.29, 0.717) is 12.6 Å². The fourth-order valence-electron chi connectivity index (χ4n) is 2.73. The lowest BCUT2D eigenvalue weighted by Crippen LogP contribution is -2.38. The van der Waals surface area contributed by atoms with E-state index < -0.39 is 0 Å². The van der Waals surface area contributed by atoms with Crippen LogP contribution in [0.4, 0.5) is 0 Å². The van der Waals surface area contributed by atoms with Crippen molar-refractivity contribution in [1.29, 1.82) is 0 Å². The van der Waals surface area contributed by atoms with Gasteiger partial charge in [-0.25, -0.2) is 0 Å². The van der Waals surface area contributed by atoms with Crippen molar-refractivity contribution in [1.82, 2.24) is 4.90 Å². The first-order valence-electron chi connectivity index (χ1n) is 6.86. The lowest BCUT2D eigenvalue weighted by atomic mass is 10.1. The standard InChI is InChI=1S/C15H22N2O/c1-2-17(14-5-3-4-6-14)15(18)13-9-7-12(11-16)8-10-13/h7-10,14H,2-6,11,16H2,1H3. The van der Waals surface area contributed by atoms with Crippen molar-refractivity contribution >= 4 is 5.91 Å². The molecule has 1 aliphatic rings. The molecule has 0 bridgehead atoms. The van der Waals surface area contributed by atoms with Gasteiger partial charge in [-0.05, 0) is 37.5 Å². The zero-order chi connectivity index (χ0) is 13.0. The van der Waals surface area contributed by atoms with E-state index in [-0.39, 0.29) is 5.91 Å². The van der Waals surface area contributed by atoms with Crippen LogP contribution in [0.2, 0.25) is 0 Å². The Kier molecular flexibility index (Phi) is 4.37. The van der Waals surface area contributed by atoms with Gasteiger partial charge in [0.15, 0.2) is 0 Å². The summed E-state index contributed by atoms with van der Waals surface area (Å²) in [7, 11) is 0. The molecule has 0 aromatic heterocycles. The first-order valence-corrected chi connectivity index (χ1v) is 6.86. The minimum absolute atomic E-state index is 0.160. The number of amides is 1. The molecule has 0 spiro atoms. The highest BCUT2D eigenvalue weighted by atomic mass is 16.2. The van der Waals surface area contributed by atoms with E-state index in [0.717, 1.165) is 30.5 Å². The smallest absolute Gasteiger partial charge is 0.254 e. The van der Waals surface area contributed by atoms with Gasteiger partial charge in [0, 0.05) is 24.7 Å². The van der Waals surface area contributed by atoms with Gasteiger partial charge in [-0.1, -0.05) is 25.0 Å². The average molecular weight is 246 g/mol. The molecule has 0 saturated heterocycles. The van der Waals surface area contributed by atoms with Gasteiger partial charge in [0.25, 0.3) is 5.91 Å². The minimum Gasteiger partial charge on any atom is -0.336 e. The second-order valence-corrected chi connectivity index (χ2v) is 4.93. The molecule has 0 aliphatic heterocycles. The molecule has 0 heterocycles. The van der Waals surface area contributed by atoms with Gasteiger partial charge in [0.05, 0.1) is 0 Å². The predicted molar refractivity (Wildman–Crippen MR) is 73.3 cm³/mol. The number of carbonyl (C=O) groups is 1. The van der Waals surface area contributed by atoms with Crippen molar-refractivity contribution in [2.24, 2.45) is 5.73 Å². The summed E-state index contributed by atoms with van der Waals surface area (Å²) in [5.74, 6) is 0.160. The first kappa shape index (κ1) is 13.1. The molecular formula is C15H22N2O. The molecule has 1 aromatic carbocycles. The van der Waals surface area contributed by atoms with Crippen LogP contribution in [0.15, 0.2) is 24.3 Å². The molecule has 1 aromatic rings. The molecule has 2 rings (SSSR count). The highest BCUT2D eigenvalue weighted by molar-refractivity contribution is 5.94. The molecule has 0 atom stereocenters. The van der Waals surface area contributed by atoms with Crippen molar-refractivity contribution in [2.45, 2.75) is 45.2 Å². The average Bonchev–Trinajstić information content (AvgIpc) is 2.93. The number of benzene rings is 1. The maximum atomic E-state index is 12.5. The Labute approximate surface area is 109 Å². The summed E-state index contributed by atoms with van der Waals surface area (Å²) < 4.78 is 0. The summed E-state index contributed by atoms with van der Waals surface area (Å²) in [6.07, 6.45) is 4.81. The molecule has 0 unspecified atom stereocenters. The van der Waals surface area contributed by atoms with Crippen LogP contribution in [0.25, 0.3) is 0 Å². The van der Waals surface area contributed by atoms with Crippen LogP contribution >= 0.6 is 0 Å². The molecule has 1 saturated carbocycles. The fourth-order valence-corrected chi connectivity index (χ4v) is 2.73. The third kappa shape index (κ3) is 2.72. The van der Waals surface area contributed by atoms with E-state index in [9.17, 15) is 4.79 Å². The second kappa shape index (κ2) is 6.01. The van der Waals surface area contributed by atoms with Crippen molar-refractivity contribution in [3.05, 3.63) is 35.4 Å². The molecule has 1 fully saturated rings. The van der Waals surface area contributed by atoms with Crippen LogP contribution in [0.1, 0.15) is 48.5 Å². The largest absolute Gasteiger partial charge is 0.336 e. The van der Waals surface area contributed by atoms with E-state index in [1.807, 2.05) is 29.2 Å². The van der Waals surface area contributed by atoms with Crippen LogP contribution in [-0.2, 0) is 6.54 Å². The molecule has 3 nitrogen and oxygen atoms in total. The molecule has 2 N–H and O–H groups in total. The van der Waals surface area contributed by atoms with E-state index in [1.54, 1.807) is 0 Å². The molecule has 18 heavy (non-hydrogen) atoms. The van der Waals surface area contributed by atoms with E-state index in [1.165, 1.54) is 12.8 Å². The van der Waals surface area contributed by atoms with E-state index in [4.69, 9.17) is 5.73 Å². The quantitative estimate of drug-likeness (QED) is 0.887. The minimum atomic E-state index is 0.160. The highest BCUT2D eigenvalue weighted by Crippen LogP contribution is 2.24. The summed E-state index contributed by atoms with van der Waals surface area (Å²) in [6.45, 7) is 3.38. The van der Waals surface area contributed by atoms with Crippen LogP contribution < -0.4 is 5.73 Å². The predicted octanol–water partition coefficient (Wildman–Crippen LogP) is 2.55. The molecule has 3 heteroatoms. The van der Waals surface area contributed by atoms with Crippen LogP contribution in [-0.4, -0.2) is 23.4 Å². The van der Waals surface area contributed by atoms with Crippen molar-refractivity contribution in [2.75, 3.05) is 6.54 Å².